The van der Waals surface area contributed by atoms with E-state index >= 15 is 0 Å². The molecule has 1 atom stereocenters. The van der Waals surface area contributed by atoms with Crippen molar-refractivity contribution in [3.63, 3.8) is 0 Å². The van der Waals surface area contributed by atoms with Gasteiger partial charge in [-0.1, -0.05) is 0 Å². The highest BCUT2D eigenvalue weighted by molar-refractivity contribution is 5.71. The predicted molar refractivity (Wildman–Crippen MR) is 129 cm³/mol. The standard InChI is InChI=1S/C23H28N10O3/c1-14-29-32-21(35-14)20-17(8-18(30-31-20)28-19-12-25-16(9-24)11-27-19)26-10-15-6-5-7-33(13-15)22(34)36-23(2,3)4/h8,11-12,15H,5-7,10,13H2,1-4H3,(H2,26,27,28,30). The van der Waals surface area contributed by atoms with Gasteiger partial charge in [0.15, 0.2) is 17.2 Å². The van der Waals surface area contributed by atoms with Gasteiger partial charge in [0.25, 0.3) is 5.89 Å². The fraction of sp³-hybridized carbons (Fsp3) is 0.478. The van der Waals surface area contributed by atoms with Crippen molar-refractivity contribution in [3.05, 3.63) is 30.0 Å². The number of nitrogens with one attached hydrogen (secondary N) is 2. The molecule has 0 radical (unpaired) electrons. The third kappa shape index (κ3) is 6.41. The molecular weight excluding hydrogens is 464 g/mol. The van der Waals surface area contributed by atoms with Crippen molar-refractivity contribution in [3.8, 4) is 17.7 Å². The maximum Gasteiger partial charge on any atom is 0.410 e. The fourth-order valence-electron chi connectivity index (χ4n) is 3.70. The number of amides is 1. The number of rotatable bonds is 6. The van der Waals surface area contributed by atoms with E-state index in [4.69, 9.17) is 14.4 Å². The maximum atomic E-state index is 12.5. The van der Waals surface area contributed by atoms with E-state index in [9.17, 15) is 4.79 Å². The molecule has 13 heteroatoms. The molecule has 1 aliphatic heterocycles. The highest BCUT2D eigenvalue weighted by atomic mass is 16.6. The number of aromatic nitrogens is 6. The molecule has 4 heterocycles. The minimum Gasteiger partial charge on any atom is -0.444 e. The quantitative estimate of drug-likeness (QED) is 0.516. The van der Waals surface area contributed by atoms with E-state index in [2.05, 4.69) is 41.0 Å². The van der Waals surface area contributed by atoms with Gasteiger partial charge >= 0.3 is 6.09 Å². The Morgan fingerprint density at radius 3 is 2.72 bits per heavy atom. The van der Waals surface area contributed by atoms with E-state index in [0.29, 0.717) is 48.5 Å². The predicted octanol–water partition coefficient (Wildman–Crippen LogP) is 3.30. The molecule has 3 aromatic heterocycles. The Bertz CT molecular complexity index is 1250. The van der Waals surface area contributed by atoms with Crippen LogP contribution in [0, 0.1) is 24.2 Å². The lowest BCUT2D eigenvalue weighted by atomic mass is 9.98. The van der Waals surface area contributed by atoms with Gasteiger partial charge in [0.1, 0.15) is 17.5 Å². The van der Waals surface area contributed by atoms with Crippen molar-refractivity contribution in [2.24, 2.45) is 5.92 Å². The minimum absolute atomic E-state index is 0.206. The van der Waals surface area contributed by atoms with Crippen molar-refractivity contribution < 1.29 is 13.9 Å². The number of nitrogens with zero attached hydrogens (tertiary/aromatic N) is 8. The Morgan fingerprint density at radius 2 is 2.06 bits per heavy atom. The van der Waals surface area contributed by atoms with E-state index in [1.165, 1.54) is 12.4 Å². The van der Waals surface area contributed by atoms with Gasteiger partial charge in [0, 0.05) is 32.6 Å². The average molecular weight is 493 g/mol. The number of carbonyl (C=O) groups excluding carboxylic acids is 1. The van der Waals surface area contributed by atoms with Crippen LogP contribution in [0.25, 0.3) is 11.6 Å². The smallest absolute Gasteiger partial charge is 0.410 e. The van der Waals surface area contributed by atoms with Crippen LogP contribution in [0.1, 0.15) is 45.2 Å². The third-order valence-electron chi connectivity index (χ3n) is 5.30. The van der Waals surface area contributed by atoms with E-state index in [0.717, 1.165) is 12.8 Å². The Balaban J connectivity index is 1.49. The first-order chi connectivity index (χ1) is 17.2. The van der Waals surface area contributed by atoms with Gasteiger partial charge in [0.05, 0.1) is 18.1 Å². The van der Waals surface area contributed by atoms with Crippen molar-refractivity contribution in [2.45, 2.75) is 46.1 Å². The molecule has 2 N–H and O–H groups in total. The lowest BCUT2D eigenvalue weighted by Gasteiger charge is -2.34. The summed E-state index contributed by atoms with van der Waals surface area (Å²) in [5.74, 6) is 1.68. The van der Waals surface area contributed by atoms with Gasteiger partial charge in [-0.05, 0) is 39.5 Å². The second kappa shape index (κ2) is 10.5. The summed E-state index contributed by atoms with van der Waals surface area (Å²) in [5.41, 5.74) is 0.716. The summed E-state index contributed by atoms with van der Waals surface area (Å²) in [6.45, 7) is 9.13. The number of anilines is 3. The number of nitriles is 1. The summed E-state index contributed by atoms with van der Waals surface area (Å²) in [4.78, 5) is 22.4. The van der Waals surface area contributed by atoms with Gasteiger partial charge in [-0.2, -0.15) is 5.26 Å². The number of hydrogen-bond acceptors (Lipinski definition) is 12. The Labute approximate surface area is 208 Å². The van der Waals surface area contributed by atoms with Crippen LogP contribution in [-0.4, -0.2) is 66.6 Å². The molecular formula is C23H28N10O3. The zero-order chi connectivity index (χ0) is 25.7. The molecule has 0 aliphatic carbocycles. The molecule has 188 valence electrons. The lowest BCUT2D eigenvalue weighted by molar-refractivity contribution is 0.0172. The zero-order valence-corrected chi connectivity index (χ0v) is 20.6. The van der Waals surface area contributed by atoms with Crippen LogP contribution in [0.4, 0.5) is 22.1 Å². The average Bonchev–Trinajstić information content (AvgIpc) is 3.28. The summed E-state index contributed by atoms with van der Waals surface area (Å²) in [6.07, 6.45) is 4.36. The highest BCUT2D eigenvalue weighted by Gasteiger charge is 2.28. The largest absolute Gasteiger partial charge is 0.444 e. The van der Waals surface area contributed by atoms with E-state index in [1.54, 1.807) is 17.9 Å². The molecule has 0 saturated carbocycles. The summed E-state index contributed by atoms with van der Waals surface area (Å²) in [7, 11) is 0. The molecule has 1 unspecified atom stereocenters. The molecule has 13 nitrogen and oxygen atoms in total. The van der Waals surface area contributed by atoms with Gasteiger partial charge in [-0.15, -0.1) is 20.4 Å². The first kappa shape index (κ1) is 24.8. The molecule has 4 rings (SSSR count). The van der Waals surface area contributed by atoms with Gasteiger partial charge in [0.2, 0.25) is 5.89 Å². The molecule has 1 aliphatic rings. The lowest BCUT2D eigenvalue weighted by Crippen LogP contribution is -2.44. The number of likely N-dealkylation sites (tertiary alicyclic amines) is 1. The van der Waals surface area contributed by atoms with Crippen LogP contribution in [0.15, 0.2) is 22.9 Å². The summed E-state index contributed by atoms with van der Waals surface area (Å²) >= 11 is 0. The normalized spacial score (nSPS) is 15.8. The van der Waals surface area contributed by atoms with Gasteiger partial charge < -0.3 is 24.7 Å². The molecule has 36 heavy (non-hydrogen) atoms. The maximum absolute atomic E-state index is 12.5. The summed E-state index contributed by atoms with van der Waals surface area (Å²) in [5, 5.41) is 31.8. The van der Waals surface area contributed by atoms with E-state index in [-0.39, 0.29) is 23.6 Å². The van der Waals surface area contributed by atoms with Crippen LogP contribution >= 0.6 is 0 Å². The van der Waals surface area contributed by atoms with E-state index < -0.39 is 5.60 Å². The molecule has 0 spiro atoms. The molecule has 0 aromatic carbocycles. The minimum atomic E-state index is -0.537. The first-order valence-corrected chi connectivity index (χ1v) is 11.6. The first-order valence-electron chi connectivity index (χ1n) is 11.6. The molecule has 1 amide bonds. The van der Waals surface area contributed by atoms with Crippen LogP contribution in [0.5, 0.6) is 0 Å². The number of ether oxygens (including phenoxy) is 1. The van der Waals surface area contributed by atoms with Crippen LogP contribution in [0.2, 0.25) is 0 Å². The monoisotopic (exact) mass is 492 g/mol. The van der Waals surface area contributed by atoms with Crippen LogP contribution in [-0.2, 0) is 4.74 Å². The third-order valence-corrected chi connectivity index (χ3v) is 5.30. The Kier molecular flexibility index (Phi) is 7.23. The second-order valence-corrected chi connectivity index (χ2v) is 9.46. The number of carbonyl (C=O) groups is 1. The number of piperidine rings is 1. The second-order valence-electron chi connectivity index (χ2n) is 9.46. The van der Waals surface area contributed by atoms with Crippen LogP contribution < -0.4 is 10.6 Å². The highest BCUT2D eigenvalue weighted by Crippen LogP contribution is 2.28. The molecule has 3 aromatic rings. The topological polar surface area (TPSA) is 168 Å². The molecule has 1 fully saturated rings. The SMILES string of the molecule is Cc1nnc(-c2nnc(Nc3cnc(C#N)cn3)cc2NCC2CCCN(C(=O)OC(C)(C)C)C2)o1. The van der Waals surface area contributed by atoms with Crippen molar-refractivity contribution in [1.29, 1.82) is 5.26 Å². The summed E-state index contributed by atoms with van der Waals surface area (Å²) in [6, 6.07) is 3.69. The Morgan fingerprint density at radius 1 is 1.22 bits per heavy atom. The van der Waals surface area contributed by atoms with Gasteiger partial charge in [-0.3, -0.25) is 0 Å². The van der Waals surface area contributed by atoms with Crippen molar-refractivity contribution >= 4 is 23.4 Å². The molecule has 0 bridgehead atoms. The summed E-state index contributed by atoms with van der Waals surface area (Å²) < 4.78 is 11.1. The Hall–Kier alpha value is -4.34. The number of aryl methyl sites for hydroxylation is 1. The number of hydrogen-bond donors (Lipinski definition) is 2. The van der Waals surface area contributed by atoms with Crippen LogP contribution in [0.3, 0.4) is 0 Å². The zero-order valence-electron chi connectivity index (χ0n) is 20.6. The van der Waals surface area contributed by atoms with E-state index in [1.807, 2.05) is 26.8 Å². The van der Waals surface area contributed by atoms with Crippen molar-refractivity contribution in [2.75, 3.05) is 30.3 Å². The fourth-order valence-corrected chi connectivity index (χ4v) is 3.70. The van der Waals surface area contributed by atoms with Gasteiger partial charge in [-0.25, -0.2) is 14.8 Å². The van der Waals surface area contributed by atoms with Crippen molar-refractivity contribution in [1.82, 2.24) is 35.3 Å². The molecule has 1 saturated heterocycles.